The molecule has 0 amide bonds. The van der Waals surface area contributed by atoms with Crippen molar-refractivity contribution in [2.24, 2.45) is 5.41 Å². The molecule has 0 aromatic rings. The summed E-state index contributed by atoms with van der Waals surface area (Å²) in [5.74, 6) is 0. The summed E-state index contributed by atoms with van der Waals surface area (Å²) < 4.78 is 0. The van der Waals surface area contributed by atoms with Gasteiger partial charge in [0.1, 0.15) is 0 Å². The van der Waals surface area contributed by atoms with Crippen LogP contribution in [0.1, 0.15) is 51.9 Å². The molecule has 1 atom stereocenters. The summed E-state index contributed by atoms with van der Waals surface area (Å²) in [5, 5.41) is 8.93. The van der Waals surface area contributed by atoms with E-state index in [0.29, 0.717) is 18.1 Å². The summed E-state index contributed by atoms with van der Waals surface area (Å²) in [5.41, 5.74) is 0.681. The molecule has 2 nitrogen and oxygen atoms in total. The second-order valence-corrected chi connectivity index (χ2v) is 5.68. The molecule has 1 aliphatic carbocycles. The number of aliphatic hydroxyl groups is 1. The van der Waals surface area contributed by atoms with Crippen LogP contribution >= 0.6 is 0 Å². The molecule has 2 rings (SSSR count). The Hall–Kier alpha value is -0.0800. The molecule has 1 spiro atoms. The van der Waals surface area contributed by atoms with Crippen molar-refractivity contribution in [3.8, 4) is 0 Å². The molecule has 2 aliphatic rings. The van der Waals surface area contributed by atoms with Gasteiger partial charge in [0.15, 0.2) is 0 Å². The van der Waals surface area contributed by atoms with Gasteiger partial charge in [0, 0.05) is 25.7 Å². The zero-order valence-corrected chi connectivity index (χ0v) is 10.0. The van der Waals surface area contributed by atoms with Gasteiger partial charge >= 0.3 is 0 Å². The van der Waals surface area contributed by atoms with Crippen molar-refractivity contribution in [1.82, 2.24) is 4.90 Å². The average Bonchev–Trinajstić information content (AvgIpc) is 2.40. The minimum Gasteiger partial charge on any atom is -0.396 e. The average molecular weight is 211 g/mol. The van der Waals surface area contributed by atoms with Crippen LogP contribution in [-0.4, -0.2) is 35.7 Å². The van der Waals surface area contributed by atoms with E-state index < -0.39 is 0 Å². The topological polar surface area (TPSA) is 23.5 Å². The maximum atomic E-state index is 8.93. The van der Waals surface area contributed by atoms with Crippen LogP contribution in [0, 0.1) is 5.41 Å². The van der Waals surface area contributed by atoms with Gasteiger partial charge in [0.2, 0.25) is 0 Å². The standard InChI is InChI=1S/C13H25NO/c1-12(6-9-15)14-10-13(11-14)7-4-2-3-5-8-13/h12,15H,2-11H2,1H3. The molecule has 1 unspecified atom stereocenters. The largest absolute Gasteiger partial charge is 0.396 e. The summed E-state index contributed by atoms with van der Waals surface area (Å²) in [6.45, 7) is 5.19. The van der Waals surface area contributed by atoms with Crippen LogP contribution < -0.4 is 0 Å². The molecule has 1 N–H and O–H groups in total. The molecule has 1 saturated carbocycles. The van der Waals surface area contributed by atoms with Gasteiger partial charge in [0.05, 0.1) is 0 Å². The first-order valence-corrected chi connectivity index (χ1v) is 6.61. The Morgan fingerprint density at radius 1 is 1.13 bits per heavy atom. The quantitative estimate of drug-likeness (QED) is 0.775. The first-order valence-electron chi connectivity index (χ1n) is 6.61. The predicted octanol–water partition coefficient (Wildman–Crippen LogP) is 2.41. The van der Waals surface area contributed by atoms with E-state index in [1.54, 1.807) is 0 Å². The zero-order chi connectivity index (χ0) is 10.7. The molecule has 1 saturated heterocycles. The van der Waals surface area contributed by atoms with E-state index in [1.165, 1.54) is 51.6 Å². The monoisotopic (exact) mass is 211 g/mol. The van der Waals surface area contributed by atoms with Crippen molar-refractivity contribution in [2.75, 3.05) is 19.7 Å². The van der Waals surface area contributed by atoms with Crippen molar-refractivity contribution in [2.45, 2.75) is 57.9 Å². The smallest absolute Gasteiger partial charge is 0.0445 e. The molecular formula is C13H25NO. The molecule has 0 aromatic carbocycles. The van der Waals surface area contributed by atoms with Gasteiger partial charge < -0.3 is 5.11 Å². The Bertz CT molecular complexity index is 189. The predicted molar refractivity (Wildman–Crippen MR) is 62.9 cm³/mol. The molecule has 0 bridgehead atoms. The van der Waals surface area contributed by atoms with E-state index in [9.17, 15) is 0 Å². The minimum atomic E-state index is 0.338. The van der Waals surface area contributed by atoms with E-state index in [4.69, 9.17) is 5.11 Å². The van der Waals surface area contributed by atoms with Crippen LogP contribution in [0.3, 0.4) is 0 Å². The van der Waals surface area contributed by atoms with Crippen LogP contribution in [0.4, 0.5) is 0 Å². The van der Waals surface area contributed by atoms with Gasteiger partial charge in [0.25, 0.3) is 0 Å². The van der Waals surface area contributed by atoms with Crippen molar-refractivity contribution >= 4 is 0 Å². The van der Waals surface area contributed by atoms with Crippen LogP contribution in [0.25, 0.3) is 0 Å². The van der Waals surface area contributed by atoms with Crippen LogP contribution in [0.15, 0.2) is 0 Å². The van der Waals surface area contributed by atoms with Gasteiger partial charge in [-0.15, -0.1) is 0 Å². The van der Waals surface area contributed by atoms with Crippen LogP contribution in [0.5, 0.6) is 0 Å². The molecule has 2 fully saturated rings. The highest BCUT2D eigenvalue weighted by Crippen LogP contribution is 2.43. The molecule has 1 heterocycles. The molecule has 15 heavy (non-hydrogen) atoms. The second-order valence-electron chi connectivity index (χ2n) is 5.68. The Morgan fingerprint density at radius 2 is 1.73 bits per heavy atom. The summed E-state index contributed by atoms with van der Waals surface area (Å²) >= 11 is 0. The van der Waals surface area contributed by atoms with Crippen molar-refractivity contribution in [3.05, 3.63) is 0 Å². The third-order valence-electron chi connectivity index (χ3n) is 4.41. The molecule has 2 heteroatoms. The van der Waals surface area contributed by atoms with Crippen LogP contribution in [-0.2, 0) is 0 Å². The number of nitrogens with zero attached hydrogens (tertiary/aromatic N) is 1. The number of likely N-dealkylation sites (tertiary alicyclic amines) is 1. The van der Waals surface area contributed by atoms with Crippen molar-refractivity contribution in [3.63, 3.8) is 0 Å². The normalized spacial score (nSPS) is 28.4. The lowest BCUT2D eigenvalue weighted by molar-refractivity contribution is -0.0419. The van der Waals surface area contributed by atoms with E-state index in [1.807, 2.05) is 0 Å². The molecule has 0 aromatic heterocycles. The maximum absolute atomic E-state index is 8.93. The summed E-state index contributed by atoms with van der Waals surface area (Å²) in [6.07, 6.45) is 9.65. The fourth-order valence-electron chi connectivity index (χ4n) is 3.29. The molecule has 88 valence electrons. The highest BCUT2D eigenvalue weighted by atomic mass is 16.3. The fourth-order valence-corrected chi connectivity index (χ4v) is 3.29. The van der Waals surface area contributed by atoms with E-state index in [2.05, 4.69) is 11.8 Å². The van der Waals surface area contributed by atoms with Gasteiger partial charge in [-0.1, -0.05) is 25.7 Å². The summed E-state index contributed by atoms with van der Waals surface area (Å²) in [7, 11) is 0. The van der Waals surface area contributed by atoms with E-state index in [0.717, 1.165) is 6.42 Å². The SMILES string of the molecule is CC(CCO)N1CC2(CCCCCC2)C1. The van der Waals surface area contributed by atoms with E-state index >= 15 is 0 Å². The van der Waals surface area contributed by atoms with Gasteiger partial charge in [-0.05, 0) is 31.6 Å². The second kappa shape index (κ2) is 4.84. The van der Waals surface area contributed by atoms with Gasteiger partial charge in [-0.25, -0.2) is 0 Å². The number of rotatable bonds is 3. The summed E-state index contributed by atoms with van der Waals surface area (Å²) in [6, 6.07) is 0.587. The van der Waals surface area contributed by atoms with Crippen LogP contribution in [0.2, 0.25) is 0 Å². The lowest BCUT2D eigenvalue weighted by Crippen LogP contribution is -2.59. The number of hydrogen-bond donors (Lipinski definition) is 1. The first-order chi connectivity index (χ1) is 7.26. The zero-order valence-electron chi connectivity index (χ0n) is 10.0. The highest BCUT2D eigenvalue weighted by molar-refractivity contribution is 4.97. The third-order valence-corrected chi connectivity index (χ3v) is 4.41. The third kappa shape index (κ3) is 2.54. The Labute approximate surface area is 93.7 Å². The highest BCUT2D eigenvalue weighted by Gasteiger charge is 2.43. The Morgan fingerprint density at radius 3 is 2.27 bits per heavy atom. The van der Waals surface area contributed by atoms with E-state index in [-0.39, 0.29) is 0 Å². The lowest BCUT2D eigenvalue weighted by Gasteiger charge is -2.53. The van der Waals surface area contributed by atoms with Crippen molar-refractivity contribution in [1.29, 1.82) is 0 Å². The molecular weight excluding hydrogens is 186 g/mol. The Balaban J connectivity index is 1.79. The number of hydrogen-bond acceptors (Lipinski definition) is 2. The maximum Gasteiger partial charge on any atom is 0.0445 e. The molecule has 0 radical (unpaired) electrons. The lowest BCUT2D eigenvalue weighted by atomic mass is 9.73. The fraction of sp³-hybridized carbons (Fsp3) is 1.00. The van der Waals surface area contributed by atoms with Gasteiger partial charge in [-0.3, -0.25) is 4.90 Å². The van der Waals surface area contributed by atoms with Gasteiger partial charge in [-0.2, -0.15) is 0 Å². The minimum absolute atomic E-state index is 0.338. The van der Waals surface area contributed by atoms with Crippen molar-refractivity contribution < 1.29 is 5.11 Å². The number of aliphatic hydroxyl groups excluding tert-OH is 1. The first kappa shape index (κ1) is 11.4. The molecule has 1 aliphatic heterocycles. The Kier molecular flexibility index (Phi) is 3.68. The summed E-state index contributed by atoms with van der Waals surface area (Å²) in [4.78, 5) is 2.56.